The highest BCUT2D eigenvalue weighted by atomic mass is 35.5. The van der Waals surface area contributed by atoms with Crippen LogP contribution in [0.1, 0.15) is 11.4 Å². The van der Waals surface area contributed by atoms with Gasteiger partial charge in [0.2, 0.25) is 4.77 Å². The number of hydrogen-bond donors (Lipinski definition) is 1. The van der Waals surface area contributed by atoms with Gasteiger partial charge in [-0.25, -0.2) is 5.10 Å². The van der Waals surface area contributed by atoms with E-state index in [2.05, 4.69) is 15.3 Å². The van der Waals surface area contributed by atoms with E-state index in [9.17, 15) is 0 Å². The van der Waals surface area contributed by atoms with Crippen LogP contribution in [0.15, 0.2) is 71.8 Å². The van der Waals surface area contributed by atoms with Crippen molar-refractivity contribution in [1.82, 2.24) is 14.9 Å². The number of para-hydroxylation sites is 1. The van der Waals surface area contributed by atoms with E-state index < -0.39 is 0 Å². The number of aromatic amines is 1. The molecule has 0 amide bonds. The van der Waals surface area contributed by atoms with Gasteiger partial charge >= 0.3 is 0 Å². The van der Waals surface area contributed by atoms with Crippen LogP contribution >= 0.6 is 47.0 Å². The normalized spacial score (nSPS) is 11.1. The number of hydrogen-bond acceptors (Lipinski definition) is 5. The third-order valence-electron chi connectivity index (χ3n) is 4.19. The number of ether oxygens (including phenoxy) is 2. The Morgan fingerprint density at radius 2 is 1.69 bits per heavy atom. The minimum Gasteiger partial charge on any atom is -0.482 e. The largest absolute Gasteiger partial charge is 0.482 e. The molecule has 162 valence electrons. The third kappa shape index (κ3) is 5.49. The van der Waals surface area contributed by atoms with Crippen LogP contribution in [0, 0.1) is 4.77 Å². The number of benzene rings is 3. The van der Waals surface area contributed by atoms with Gasteiger partial charge in [-0.1, -0.05) is 65.1 Å². The highest BCUT2D eigenvalue weighted by molar-refractivity contribution is 7.71. The Labute approximate surface area is 204 Å². The lowest BCUT2D eigenvalue weighted by atomic mass is 10.2. The first-order chi connectivity index (χ1) is 15.5. The molecule has 4 aromatic rings. The van der Waals surface area contributed by atoms with E-state index >= 15 is 0 Å². The van der Waals surface area contributed by atoms with Gasteiger partial charge in [0.25, 0.3) is 0 Å². The fraction of sp³-hybridized carbons (Fsp3) is 0.0455. The van der Waals surface area contributed by atoms with Crippen molar-refractivity contribution in [3.8, 4) is 17.2 Å². The van der Waals surface area contributed by atoms with Gasteiger partial charge in [-0.3, -0.25) is 0 Å². The lowest BCUT2D eigenvalue weighted by Crippen LogP contribution is -2.05. The minimum absolute atomic E-state index is 0.0305. The zero-order valence-electron chi connectivity index (χ0n) is 16.3. The van der Waals surface area contributed by atoms with E-state index in [1.54, 1.807) is 18.3 Å². The van der Waals surface area contributed by atoms with Crippen molar-refractivity contribution in [3.05, 3.63) is 98.0 Å². The molecule has 0 spiro atoms. The second-order valence-electron chi connectivity index (χ2n) is 6.48. The number of aromatic nitrogens is 3. The van der Waals surface area contributed by atoms with Gasteiger partial charge in [-0.15, -0.1) is 0 Å². The first kappa shape index (κ1) is 22.4. The molecular weight excluding hydrogens is 491 g/mol. The molecule has 1 N–H and O–H groups in total. The fourth-order valence-corrected chi connectivity index (χ4v) is 3.87. The Hall–Kier alpha value is -2.84. The molecule has 1 heterocycles. The molecule has 0 saturated carbocycles. The van der Waals surface area contributed by atoms with Crippen LogP contribution in [0.3, 0.4) is 0 Å². The summed E-state index contributed by atoms with van der Waals surface area (Å²) >= 11 is 23.6. The second kappa shape index (κ2) is 10.2. The van der Waals surface area contributed by atoms with Crippen LogP contribution in [0.2, 0.25) is 15.1 Å². The quantitative estimate of drug-likeness (QED) is 0.214. The van der Waals surface area contributed by atoms with Crippen molar-refractivity contribution >= 4 is 53.2 Å². The van der Waals surface area contributed by atoms with Crippen LogP contribution in [0.4, 0.5) is 0 Å². The molecule has 10 heteroatoms. The van der Waals surface area contributed by atoms with Gasteiger partial charge in [-0.2, -0.15) is 14.9 Å². The lowest BCUT2D eigenvalue weighted by molar-refractivity contribution is 0.291. The predicted octanol–water partition coefficient (Wildman–Crippen LogP) is 7.15. The molecular formula is C22H15Cl3N4O2S. The van der Waals surface area contributed by atoms with Crippen molar-refractivity contribution in [1.29, 1.82) is 0 Å². The summed E-state index contributed by atoms with van der Waals surface area (Å²) in [4.78, 5) is 0. The summed E-state index contributed by atoms with van der Waals surface area (Å²) in [5.41, 5.74) is 0.817. The molecule has 0 saturated heterocycles. The molecule has 0 bridgehead atoms. The average molecular weight is 506 g/mol. The van der Waals surface area contributed by atoms with Crippen molar-refractivity contribution in [2.45, 2.75) is 6.61 Å². The molecule has 4 rings (SSSR count). The number of nitrogens with one attached hydrogen (secondary N) is 1. The third-order valence-corrected chi connectivity index (χ3v) is 5.23. The summed E-state index contributed by atoms with van der Waals surface area (Å²) in [7, 11) is 0. The van der Waals surface area contributed by atoms with Crippen LogP contribution in [-0.2, 0) is 6.61 Å². The summed E-state index contributed by atoms with van der Waals surface area (Å²) in [5.74, 6) is 2.17. The molecule has 0 unspecified atom stereocenters. The summed E-state index contributed by atoms with van der Waals surface area (Å²) in [5, 5.41) is 12.3. The topological polar surface area (TPSA) is 64.4 Å². The number of halogens is 3. The Balaban J connectivity index is 1.50. The zero-order chi connectivity index (χ0) is 22.5. The fourth-order valence-electron chi connectivity index (χ4n) is 2.75. The number of H-pyrrole nitrogens is 1. The van der Waals surface area contributed by atoms with Gasteiger partial charge in [0, 0.05) is 5.02 Å². The molecule has 1 aromatic heterocycles. The van der Waals surface area contributed by atoms with E-state index in [4.69, 9.17) is 56.5 Å². The van der Waals surface area contributed by atoms with E-state index in [1.807, 2.05) is 54.6 Å². The molecule has 0 atom stereocenters. The zero-order valence-corrected chi connectivity index (χ0v) is 19.4. The average Bonchev–Trinajstić information content (AvgIpc) is 3.12. The first-order valence-electron chi connectivity index (χ1n) is 9.30. The van der Waals surface area contributed by atoms with Crippen LogP contribution in [0.5, 0.6) is 17.2 Å². The molecule has 3 aromatic carbocycles. The smallest absolute Gasteiger partial charge is 0.216 e. The molecule has 0 aliphatic carbocycles. The van der Waals surface area contributed by atoms with Crippen molar-refractivity contribution in [2.75, 3.05) is 0 Å². The van der Waals surface area contributed by atoms with Gasteiger partial charge in [0.15, 0.2) is 11.6 Å². The lowest BCUT2D eigenvalue weighted by Gasteiger charge is -2.09. The van der Waals surface area contributed by atoms with Crippen molar-refractivity contribution in [3.63, 3.8) is 0 Å². The van der Waals surface area contributed by atoms with Crippen LogP contribution in [0.25, 0.3) is 0 Å². The van der Waals surface area contributed by atoms with Crippen LogP contribution < -0.4 is 9.47 Å². The van der Waals surface area contributed by atoms with E-state index in [0.29, 0.717) is 37.2 Å². The molecule has 0 radical (unpaired) electrons. The van der Waals surface area contributed by atoms with E-state index in [0.717, 1.165) is 11.3 Å². The summed E-state index contributed by atoms with van der Waals surface area (Å²) in [6, 6.07) is 20.1. The molecule has 0 fully saturated rings. The standard InChI is InChI=1S/C22H15Cl3N4O2S/c23-15-10-18(24)21(19(25)11-15)30-13-20-27-28-22(32)29(20)26-12-14-5-4-8-17(9-14)31-16-6-2-1-3-7-16/h1-12H,13H2,(H,28,32)/b26-12+. The SMILES string of the molecule is S=c1[nH]nc(COc2c(Cl)cc(Cl)cc2Cl)n1/N=C/c1cccc(Oc2ccccc2)c1. The van der Waals surface area contributed by atoms with Crippen LogP contribution in [-0.4, -0.2) is 21.1 Å². The Morgan fingerprint density at radius 1 is 0.969 bits per heavy atom. The van der Waals surface area contributed by atoms with Crippen molar-refractivity contribution in [2.24, 2.45) is 5.10 Å². The van der Waals surface area contributed by atoms with Crippen molar-refractivity contribution < 1.29 is 9.47 Å². The summed E-state index contributed by atoms with van der Waals surface area (Å²) in [6.07, 6.45) is 1.65. The van der Waals surface area contributed by atoms with Gasteiger partial charge in [0.1, 0.15) is 18.1 Å². The minimum atomic E-state index is 0.0305. The summed E-state index contributed by atoms with van der Waals surface area (Å²) < 4.78 is 13.4. The summed E-state index contributed by atoms with van der Waals surface area (Å²) in [6.45, 7) is 0.0305. The first-order valence-corrected chi connectivity index (χ1v) is 10.8. The highest BCUT2D eigenvalue weighted by Gasteiger charge is 2.12. The Bertz CT molecular complexity index is 1300. The predicted molar refractivity (Wildman–Crippen MR) is 129 cm³/mol. The molecule has 0 aliphatic heterocycles. The molecule has 0 aliphatic rings. The second-order valence-corrected chi connectivity index (χ2v) is 8.11. The maximum absolute atomic E-state index is 6.17. The number of rotatable bonds is 7. The molecule has 32 heavy (non-hydrogen) atoms. The monoisotopic (exact) mass is 504 g/mol. The Kier molecular flexibility index (Phi) is 7.12. The highest BCUT2D eigenvalue weighted by Crippen LogP contribution is 2.36. The molecule has 6 nitrogen and oxygen atoms in total. The van der Waals surface area contributed by atoms with Gasteiger partial charge < -0.3 is 9.47 Å². The number of nitrogens with zero attached hydrogens (tertiary/aromatic N) is 3. The Morgan fingerprint density at radius 3 is 2.44 bits per heavy atom. The van der Waals surface area contributed by atoms with Gasteiger partial charge in [-0.05, 0) is 54.2 Å². The maximum atomic E-state index is 6.17. The maximum Gasteiger partial charge on any atom is 0.216 e. The van der Waals surface area contributed by atoms with E-state index in [-0.39, 0.29) is 6.61 Å². The van der Waals surface area contributed by atoms with Gasteiger partial charge in [0.05, 0.1) is 16.3 Å². The van der Waals surface area contributed by atoms with E-state index in [1.165, 1.54) is 4.68 Å².